The normalized spacial score (nSPS) is 11.7. The van der Waals surface area contributed by atoms with Gasteiger partial charge < -0.3 is 13.9 Å². The summed E-state index contributed by atoms with van der Waals surface area (Å²) in [5.41, 5.74) is 3.97. The number of rotatable bonds is 8. The van der Waals surface area contributed by atoms with Gasteiger partial charge in [0.15, 0.2) is 5.78 Å². The molecule has 5 rings (SSSR count). The molecule has 5 nitrogen and oxygen atoms in total. The van der Waals surface area contributed by atoms with Crippen molar-refractivity contribution in [1.82, 2.24) is 4.98 Å². The van der Waals surface area contributed by atoms with E-state index in [9.17, 15) is 9.90 Å². The molecule has 5 aromatic rings. The van der Waals surface area contributed by atoms with Crippen LogP contribution in [0.1, 0.15) is 53.4 Å². The molecule has 1 N–H and O–H groups in total. The summed E-state index contributed by atoms with van der Waals surface area (Å²) in [7, 11) is 0. The van der Waals surface area contributed by atoms with Gasteiger partial charge in [-0.15, -0.1) is 18.2 Å². The quantitative estimate of drug-likeness (QED) is 0.100. The summed E-state index contributed by atoms with van der Waals surface area (Å²) in [6.45, 7) is 8.07. The number of para-hydroxylation sites is 3. The molecule has 1 radical (unpaired) electrons. The Balaban J connectivity index is 0.000000223. The number of aliphatic hydroxyl groups is 1. The number of oxazole rings is 1. The van der Waals surface area contributed by atoms with Gasteiger partial charge in [0.05, 0.1) is 16.9 Å². The summed E-state index contributed by atoms with van der Waals surface area (Å²) in [5.74, 6) is 1.08. The third-order valence-corrected chi connectivity index (χ3v) is 6.93. The number of fused-ring (bicyclic) bond motifs is 4. The van der Waals surface area contributed by atoms with Gasteiger partial charge in [0.1, 0.15) is 17.1 Å². The van der Waals surface area contributed by atoms with Crippen molar-refractivity contribution in [2.75, 3.05) is 0 Å². The number of hydrogen-bond donors (Lipinski definition) is 1. The molecule has 2 aromatic heterocycles. The molecule has 0 spiro atoms. The molecule has 0 aliphatic rings. The number of furan rings is 1. The van der Waals surface area contributed by atoms with E-state index in [1.165, 1.54) is 6.08 Å². The largest absolute Gasteiger partial charge is 0.512 e. The Kier molecular flexibility index (Phi) is 10.5. The first-order valence-electron chi connectivity index (χ1n) is 13.1. The summed E-state index contributed by atoms with van der Waals surface area (Å²) >= 11 is 0. The molecular weight excluding hydrogens is 655 g/mol. The Morgan fingerprint density at radius 2 is 1.50 bits per heavy atom. The van der Waals surface area contributed by atoms with E-state index in [4.69, 9.17) is 8.83 Å². The number of nitrogens with zero attached hydrogens (tertiary/aromatic N) is 1. The molecule has 0 aliphatic heterocycles. The maximum atomic E-state index is 11.7. The van der Waals surface area contributed by atoms with Crippen molar-refractivity contribution >= 4 is 38.8 Å². The fourth-order valence-electron chi connectivity index (χ4n) is 4.61. The van der Waals surface area contributed by atoms with E-state index in [0.717, 1.165) is 64.3 Å². The van der Waals surface area contributed by atoms with Crippen LogP contribution in [0.4, 0.5) is 0 Å². The van der Waals surface area contributed by atoms with Crippen LogP contribution in [-0.4, -0.2) is 15.9 Å². The maximum absolute atomic E-state index is 11.7. The summed E-state index contributed by atoms with van der Waals surface area (Å²) in [5, 5.41) is 11.9. The Morgan fingerprint density at radius 3 is 2.16 bits per heavy atom. The van der Waals surface area contributed by atoms with Crippen molar-refractivity contribution < 1.29 is 38.8 Å². The molecule has 0 bridgehead atoms. The number of carbonyl (C=O) groups excluding carboxylic acids is 1. The topological polar surface area (TPSA) is 76.5 Å². The summed E-state index contributed by atoms with van der Waals surface area (Å²) in [6, 6.07) is 22.8. The molecule has 0 aliphatic carbocycles. The van der Waals surface area contributed by atoms with Crippen LogP contribution in [0.2, 0.25) is 0 Å². The van der Waals surface area contributed by atoms with Crippen LogP contribution < -0.4 is 0 Å². The number of carbonyl (C=O) groups is 1. The van der Waals surface area contributed by atoms with Gasteiger partial charge in [0.2, 0.25) is 0 Å². The van der Waals surface area contributed by atoms with Gasteiger partial charge in [-0.1, -0.05) is 63.4 Å². The van der Waals surface area contributed by atoms with Crippen molar-refractivity contribution in [1.29, 1.82) is 0 Å². The molecular formula is C32H34IrNO4-. The molecule has 0 fully saturated rings. The molecule has 6 heteroatoms. The van der Waals surface area contributed by atoms with Crippen LogP contribution in [0.25, 0.3) is 44.5 Å². The second kappa shape index (κ2) is 13.5. The van der Waals surface area contributed by atoms with Gasteiger partial charge in [-0.3, -0.25) is 9.78 Å². The first-order valence-corrected chi connectivity index (χ1v) is 13.1. The number of aliphatic hydroxyl groups excluding tert-OH is 1. The van der Waals surface area contributed by atoms with E-state index in [1.807, 2.05) is 82.3 Å². The van der Waals surface area contributed by atoms with E-state index in [-0.39, 0.29) is 43.5 Å². The predicted octanol–water partition coefficient (Wildman–Crippen LogP) is 9.06. The SMILES string of the molecule is CCC(CC)C(=O)/C=C(\O)C(CC)CC.[Ir].[c-]1ccc2c(oc3ccccc32)c1-c1nc2ccccc2o1. The van der Waals surface area contributed by atoms with Crippen LogP contribution in [0.15, 0.2) is 81.3 Å². The van der Waals surface area contributed by atoms with Crippen molar-refractivity contribution in [3.05, 3.63) is 78.6 Å². The van der Waals surface area contributed by atoms with E-state index in [0.29, 0.717) is 5.89 Å². The van der Waals surface area contributed by atoms with Crippen molar-refractivity contribution in [2.24, 2.45) is 11.8 Å². The molecule has 3 aromatic carbocycles. The minimum absolute atomic E-state index is 0. The Labute approximate surface area is 237 Å². The molecule has 0 saturated heterocycles. The number of ketones is 1. The summed E-state index contributed by atoms with van der Waals surface area (Å²) in [4.78, 5) is 16.3. The number of aromatic nitrogens is 1. The van der Waals surface area contributed by atoms with Gasteiger partial charge in [-0.2, -0.15) is 0 Å². The molecule has 38 heavy (non-hydrogen) atoms. The maximum Gasteiger partial charge on any atom is 0.162 e. The van der Waals surface area contributed by atoms with E-state index in [2.05, 4.69) is 17.1 Å². The minimum Gasteiger partial charge on any atom is -0.512 e. The van der Waals surface area contributed by atoms with Gasteiger partial charge in [-0.25, -0.2) is 0 Å². The Morgan fingerprint density at radius 1 is 0.868 bits per heavy atom. The molecule has 201 valence electrons. The van der Waals surface area contributed by atoms with Gasteiger partial charge in [0.25, 0.3) is 0 Å². The second-order valence-electron chi connectivity index (χ2n) is 9.18. The zero-order chi connectivity index (χ0) is 26.4. The smallest absolute Gasteiger partial charge is 0.162 e. The Bertz CT molecular complexity index is 1490. The van der Waals surface area contributed by atoms with Crippen LogP contribution >= 0.6 is 0 Å². The van der Waals surface area contributed by atoms with Crippen molar-refractivity contribution in [3.63, 3.8) is 0 Å². The fraction of sp³-hybridized carbons (Fsp3) is 0.312. The number of hydrogen-bond acceptors (Lipinski definition) is 5. The summed E-state index contributed by atoms with van der Waals surface area (Å²) in [6.07, 6.45) is 4.91. The third kappa shape index (κ3) is 6.25. The van der Waals surface area contributed by atoms with Gasteiger partial charge in [0, 0.05) is 43.4 Å². The molecule has 0 atom stereocenters. The van der Waals surface area contributed by atoms with Gasteiger partial charge in [-0.05, 0) is 49.4 Å². The second-order valence-corrected chi connectivity index (χ2v) is 9.18. The van der Waals surface area contributed by atoms with Gasteiger partial charge >= 0.3 is 0 Å². The fourth-order valence-corrected chi connectivity index (χ4v) is 4.61. The number of allylic oxidation sites excluding steroid dienone is 2. The average molecular weight is 689 g/mol. The summed E-state index contributed by atoms with van der Waals surface area (Å²) < 4.78 is 11.9. The molecule has 2 heterocycles. The van der Waals surface area contributed by atoms with Crippen LogP contribution in [0, 0.1) is 17.9 Å². The molecule has 0 amide bonds. The number of benzene rings is 3. The van der Waals surface area contributed by atoms with Crippen LogP contribution in [-0.2, 0) is 24.9 Å². The minimum atomic E-state index is 0. The van der Waals surface area contributed by atoms with Crippen molar-refractivity contribution in [2.45, 2.75) is 53.4 Å². The molecule has 0 unspecified atom stereocenters. The van der Waals surface area contributed by atoms with E-state index >= 15 is 0 Å². The average Bonchev–Trinajstić information content (AvgIpc) is 3.52. The third-order valence-electron chi connectivity index (χ3n) is 6.93. The standard InChI is InChI=1S/C19H10NO2.C13H24O2.Ir/c1-3-10-16-12(6-1)13-7-5-8-14(18(13)21-16)19-20-15-9-2-4-11-17(15)22-19;1-5-10(6-2)12(14)9-13(15)11(7-3)8-4;/h1-7,9-11H;9-11,14H,5-8H2,1-4H3;/q-1;;/b;12-9-;. The molecule has 0 saturated carbocycles. The van der Waals surface area contributed by atoms with Crippen molar-refractivity contribution in [3.8, 4) is 11.5 Å². The first-order chi connectivity index (χ1) is 18.0. The zero-order valence-electron chi connectivity index (χ0n) is 22.3. The van der Waals surface area contributed by atoms with E-state index < -0.39 is 0 Å². The first kappa shape index (κ1) is 29.3. The Hall–Kier alpha value is -3.21. The van der Waals surface area contributed by atoms with Crippen LogP contribution in [0.3, 0.4) is 0 Å². The predicted molar refractivity (Wildman–Crippen MR) is 149 cm³/mol. The zero-order valence-corrected chi connectivity index (χ0v) is 24.7. The monoisotopic (exact) mass is 689 g/mol. The van der Waals surface area contributed by atoms with E-state index in [1.54, 1.807) is 0 Å². The van der Waals surface area contributed by atoms with Crippen LogP contribution in [0.5, 0.6) is 0 Å².